The van der Waals surface area contributed by atoms with Gasteiger partial charge in [0.05, 0.1) is 16.1 Å². The largest absolute Gasteiger partial charge is 0.304 e. The number of piperazine rings is 1. The highest BCUT2D eigenvalue weighted by Crippen LogP contribution is 2.23. The number of nitro groups is 1. The van der Waals surface area contributed by atoms with E-state index >= 15 is 0 Å². The minimum absolute atomic E-state index is 0.123. The third-order valence-electron chi connectivity index (χ3n) is 4.57. The fourth-order valence-electron chi connectivity index (χ4n) is 3.13. The number of hydrogen-bond donors (Lipinski definition) is 0. The first-order chi connectivity index (χ1) is 11.0. The lowest BCUT2D eigenvalue weighted by Crippen LogP contribution is -2.44. The fraction of sp³-hybridized carbons (Fsp3) is 0.562. The summed E-state index contributed by atoms with van der Waals surface area (Å²) >= 11 is 0. The zero-order chi connectivity index (χ0) is 16.4. The van der Waals surface area contributed by atoms with Crippen molar-refractivity contribution in [1.29, 1.82) is 0 Å². The number of aromatic nitrogens is 2. The Kier molecular flexibility index (Phi) is 4.58. The SMILES string of the molecule is Cc1nn(CCCN2CCN(C)CC2)c2cc([N+](=O)[O-])ccc12. The molecule has 0 saturated carbocycles. The van der Waals surface area contributed by atoms with Gasteiger partial charge in [-0.25, -0.2) is 0 Å². The molecule has 2 heterocycles. The molecular weight excluding hydrogens is 294 g/mol. The molecule has 0 aliphatic carbocycles. The van der Waals surface area contributed by atoms with Gasteiger partial charge in [0.2, 0.25) is 0 Å². The van der Waals surface area contributed by atoms with E-state index in [1.807, 2.05) is 11.6 Å². The molecule has 1 aromatic carbocycles. The summed E-state index contributed by atoms with van der Waals surface area (Å²) in [7, 11) is 2.16. The minimum atomic E-state index is -0.351. The molecule has 1 aliphatic rings. The van der Waals surface area contributed by atoms with Crippen LogP contribution in [0.2, 0.25) is 0 Å². The standard InChI is InChI=1S/C16H23N5O2/c1-13-15-5-4-14(21(22)23)12-16(15)20(17-13)7-3-6-19-10-8-18(2)9-11-19/h4-5,12H,3,6-11H2,1-2H3. The Labute approximate surface area is 135 Å². The summed E-state index contributed by atoms with van der Waals surface area (Å²) < 4.78 is 1.91. The van der Waals surface area contributed by atoms with Crippen molar-refractivity contribution in [3.8, 4) is 0 Å². The van der Waals surface area contributed by atoms with Crippen molar-refractivity contribution >= 4 is 16.6 Å². The lowest BCUT2D eigenvalue weighted by molar-refractivity contribution is -0.384. The highest BCUT2D eigenvalue weighted by Gasteiger charge is 2.15. The molecule has 7 nitrogen and oxygen atoms in total. The number of benzene rings is 1. The number of nitrogens with zero attached hydrogens (tertiary/aromatic N) is 5. The van der Waals surface area contributed by atoms with E-state index < -0.39 is 0 Å². The molecule has 0 amide bonds. The predicted molar refractivity (Wildman–Crippen MR) is 89.7 cm³/mol. The van der Waals surface area contributed by atoms with Crippen molar-refractivity contribution in [1.82, 2.24) is 19.6 Å². The first kappa shape index (κ1) is 15.9. The molecule has 23 heavy (non-hydrogen) atoms. The molecule has 1 aromatic heterocycles. The summed E-state index contributed by atoms with van der Waals surface area (Å²) in [5.74, 6) is 0. The van der Waals surface area contributed by atoms with Crippen LogP contribution in [0.15, 0.2) is 18.2 Å². The molecule has 7 heteroatoms. The Morgan fingerprint density at radius 1 is 1.22 bits per heavy atom. The zero-order valence-electron chi connectivity index (χ0n) is 13.7. The molecular formula is C16H23N5O2. The maximum atomic E-state index is 11.0. The van der Waals surface area contributed by atoms with Gasteiger partial charge >= 0.3 is 0 Å². The van der Waals surface area contributed by atoms with Crippen LogP contribution in [-0.2, 0) is 6.54 Å². The molecule has 1 saturated heterocycles. The predicted octanol–water partition coefficient (Wildman–Crippen LogP) is 1.89. The Morgan fingerprint density at radius 3 is 2.65 bits per heavy atom. The van der Waals surface area contributed by atoms with Crippen LogP contribution in [0, 0.1) is 17.0 Å². The third kappa shape index (κ3) is 3.51. The van der Waals surface area contributed by atoms with Gasteiger partial charge in [0.15, 0.2) is 0 Å². The molecule has 0 N–H and O–H groups in total. The van der Waals surface area contributed by atoms with Crippen molar-refractivity contribution in [2.45, 2.75) is 19.9 Å². The van der Waals surface area contributed by atoms with Crippen molar-refractivity contribution in [2.24, 2.45) is 0 Å². The molecule has 3 rings (SSSR count). The third-order valence-corrected chi connectivity index (χ3v) is 4.57. The van der Waals surface area contributed by atoms with E-state index in [2.05, 4.69) is 21.9 Å². The summed E-state index contributed by atoms with van der Waals surface area (Å²) in [5.41, 5.74) is 1.90. The van der Waals surface area contributed by atoms with Gasteiger partial charge in [0.25, 0.3) is 5.69 Å². The lowest BCUT2D eigenvalue weighted by Gasteiger charge is -2.32. The molecule has 0 atom stereocenters. The van der Waals surface area contributed by atoms with Crippen LogP contribution in [0.1, 0.15) is 12.1 Å². The average molecular weight is 317 g/mol. The summed E-state index contributed by atoms with van der Waals surface area (Å²) in [6, 6.07) is 4.98. The van der Waals surface area contributed by atoms with Crippen molar-refractivity contribution in [3.05, 3.63) is 34.0 Å². The number of fused-ring (bicyclic) bond motifs is 1. The highest BCUT2D eigenvalue weighted by atomic mass is 16.6. The number of likely N-dealkylation sites (N-methyl/N-ethyl adjacent to an activating group) is 1. The maximum absolute atomic E-state index is 11.0. The minimum Gasteiger partial charge on any atom is -0.304 e. The highest BCUT2D eigenvalue weighted by molar-refractivity contribution is 5.83. The van der Waals surface area contributed by atoms with Crippen LogP contribution in [0.5, 0.6) is 0 Å². The van der Waals surface area contributed by atoms with Crippen molar-refractivity contribution < 1.29 is 4.92 Å². The molecule has 2 aromatic rings. The first-order valence-electron chi connectivity index (χ1n) is 8.07. The van der Waals surface area contributed by atoms with E-state index in [9.17, 15) is 10.1 Å². The van der Waals surface area contributed by atoms with Crippen molar-refractivity contribution in [3.63, 3.8) is 0 Å². The molecule has 1 fully saturated rings. The number of aryl methyl sites for hydroxylation is 2. The molecule has 1 aliphatic heterocycles. The van der Waals surface area contributed by atoms with Crippen LogP contribution in [0.4, 0.5) is 5.69 Å². The van der Waals surface area contributed by atoms with Crippen molar-refractivity contribution in [2.75, 3.05) is 39.8 Å². The Hall–Kier alpha value is -1.99. The van der Waals surface area contributed by atoms with Crippen LogP contribution in [0.25, 0.3) is 10.9 Å². The van der Waals surface area contributed by atoms with Gasteiger partial charge in [0.1, 0.15) is 0 Å². The van der Waals surface area contributed by atoms with Gasteiger partial charge in [-0.15, -0.1) is 0 Å². The molecule has 0 bridgehead atoms. The fourth-order valence-corrected chi connectivity index (χ4v) is 3.13. The lowest BCUT2D eigenvalue weighted by atomic mass is 10.2. The first-order valence-corrected chi connectivity index (χ1v) is 8.07. The summed E-state index contributed by atoms with van der Waals surface area (Å²) in [6.07, 6.45) is 1.00. The van der Waals surface area contributed by atoms with E-state index in [0.717, 1.165) is 62.3 Å². The second-order valence-corrected chi connectivity index (χ2v) is 6.27. The van der Waals surface area contributed by atoms with Gasteiger partial charge in [-0.3, -0.25) is 14.8 Å². The molecule has 0 unspecified atom stereocenters. The van der Waals surface area contributed by atoms with Crippen LogP contribution in [0.3, 0.4) is 0 Å². The van der Waals surface area contributed by atoms with E-state index in [4.69, 9.17) is 0 Å². The summed E-state index contributed by atoms with van der Waals surface area (Å²) in [6.45, 7) is 8.25. The number of non-ortho nitro benzene ring substituents is 1. The van der Waals surface area contributed by atoms with E-state index in [0.29, 0.717) is 0 Å². The maximum Gasteiger partial charge on any atom is 0.271 e. The van der Waals surface area contributed by atoms with E-state index in [-0.39, 0.29) is 10.6 Å². The zero-order valence-corrected chi connectivity index (χ0v) is 13.7. The monoisotopic (exact) mass is 317 g/mol. The molecule has 0 radical (unpaired) electrons. The Bertz CT molecular complexity index is 704. The quantitative estimate of drug-likeness (QED) is 0.622. The van der Waals surface area contributed by atoms with Gasteiger partial charge in [0, 0.05) is 50.2 Å². The Morgan fingerprint density at radius 2 is 1.96 bits per heavy atom. The number of rotatable bonds is 5. The topological polar surface area (TPSA) is 67.4 Å². The van der Waals surface area contributed by atoms with E-state index in [1.54, 1.807) is 18.2 Å². The second-order valence-electron chi connectivity index (χ2n) is 6.27. The number of hydrogen-bond acceptors (Lipinski definition) is 5. The van der Waals surface area contributed by atoms with Gasteiger partial charge in [-0.1, -0.05) is 0 Å². The summed E-state index contributed by atoms with van der Waals surface area (Å²) in [4.78, 5) is 15.4. The Balaban J connectivity index is 1.67. The molecule has 124 valence electrons. The van der Waals surface area contributed by atoms with Gasteiger partial charge in [-0.2, -0.15) is 5.10 Å². The summed E-state index contributed by atoms with van der Waals surface area (Å²) in [5, 5.41) is 16.5. The van der Waals surface area contributed by atoms with E-state index in [1.165, 1.54) is 0 Å². The molecule has 0 spiro atoms. The van der Waals surface area contributed by atoms with Gasteiger partial charge in [-0.05, 0) is 33.0 Å². The average Bonchev–Trinajstić information content (AvgIpc) is 2.85. The van der Waals surface area contributed by atoms with Crippen LogP contribution in [-0.4, -0.2) is 64.3 Å². The second kappa shape index (κ2) is 6.64. The van der Waals surface area contributed by atoms with Crippen LogP contribution >= 0.6 is 0 Å². The smallest absolute Gasteiger partial charge is 0.271 e. The van der Waals surface area contributed by atoms with Gasteiger partial charge < -0.3 is 9.80 Å². The normalized spacial score (nSPS) is 17.0. The van der Waals surface area contributed by atoms with Crippen LogP contribution < -0.4 is 0 Å². The number of nitro benzene ring substituents is 1.